The molecule has 6 heterocycles. The molecule has 1 fully saturated rings. The number of anilines is 4. The molecule has 22 nitrogen and oxygen atoms in total. The molecule has 5 aromatic heterocycles. The average molecular weight is 968 g/mol. The van der Waals surface area contributed by atoms with E-state index < -0.39 is 5.91 Å². The zero-order valence-electron chi connectivity index (χ0n) is 40.8. The van der Waals surface area contributed by atoms with Crippen LogP contribution in [0.15, 0.2) is 53.2 Å². The lowest BCUT2D eigenvalue weighted by molar-refractivity contribution is -0.128. The number of aromatic nitrogens is 9. The molecule has 7 aromatic rings. The number of nitrogens with zero attached hydrogens (tertiary/aromatic N) is 11. The molecule has 372 valence electrons. The number of rotatable bonds is 19. The predicted octanol–water partition coefficient (Wildman–Crippen LogP) is 4.51. The maximum Gasteiger partial charge on any atom is 0.292 e. The largest absolute Gasteiger partial charge is 0.424 e. The van der Waals surface area contributed by atoms with Crippen LogP contribution in [-0.4, -0.2) is 137 Å². The highest BCUT2D eigenvalue weighted by atomic mass is 16.4. The van der Waals surface area contributed by atoms with Gasteiger partial charge in [-0.15, -0.1) is 0 Å². The number of nitrogen functional groups attached to an aromatic ring is 3. The minimum Gasteiger partial charge on any atom is -0.424 e. The second-order valence-corrected chi connectivity index (χ2v) is 18.3. The van der Waals surface area contributed by atoms with E-state index in [2.05, 4.69) is 50.7 Å². The number of amides is 4. The molecular weight excluding hydrogens is 907 g/mol. The number of piperidine rings is 1. The van der Waals surface area contributed by atoms with Gasteiger partial charge in [0.1, 0.15) is 40.7 Å². The van der Waals surface area contributed by atoms with Gasteiger partial charge in [-0.1, -0.05) is 12.1 Å². The van der Waals surface area contributed by atoms with Crippen LogP contribution >= 0.6 is 0 Å². The number of aryl methyl sites for hydroxylation is 1. The van der Waals surface area contributed by atoms with Gasteiger partial charge in [-0.3, -0.25) is 24.3 Å². The minimum absolute atomic E-state index is 0.00392. The molecule has 2 aromatic carbocycles. The van der Waals surface area contributed by atoms with E-state index in [-0.39, 0.29) is 53.2 Å². The summed E-state index contributed by atoms with van der Waals surface area (Å²) in [6.45, 7) is 7.40. The molecular formula is C49H61N17O5. The van der Waals surface area contributed by atoms with Crippen molar-refractivity contribution < 1.29 is 23.6 Å². The number of hydrogen-bond donors (Lipinski definition) is 6. The molecule has 0 radical (unpaired) electrons. The van der Waals surface area contributed by atoms with E-state index in [0.717, 1.165) is 54.5 Å². The van der Waals surface area contributed by atoms with Gasteiger partial charge in [-0.2, -0.15) is 15.2 Å². The Kier molecular flexibility index (Phi) is 15.1. The molecule has 1 aliphatic rings. The third kappa shape index (κ3) is 11.4. The Balaban J connectivity index is 0.739. The number of hydrogen-bond acceptors (Lipinski definition) is 16. The van der Waals surface area contributed by atoms with Crippen LogP contribution in [0.2, 0.25) is 0 Å². The molecule has 1 atom stereocenters. The van der Waals surface area contributed by atoms with E-state index in [0.29, 0.717) is 103 Å². The number of carbonyl (C=O) groups excluding carboxylic acids is 4. The number of H-pyrrole nitrogens is 1. The number of fused-ring (bicyclic) bond motifs is 3. The van der Waals surface area contributed by atoms with E-state index in [1.165, 1.54) is 6.33 Å². The zero-order chi connectivity index (χ0) is 50.3. The Hall–Kier alpha value is -8.01. The Morgan fingerprint density at radius 1 is 0.944 bits per heavy atom. The van der Waals surface area contributed by atoms with Crippen molar-refractivity contribution in [2.24, 2.45) is 0 Å². The first kappa shape index (κ1) is 49.4. The van der Waals surface area contributed by atoms with Crippen molar-refractivity contribution in [2.75, 3.05) is 76.4 Å². The van der Waals surface area contributed by atoms with Gasteiger partial charge in [0.25, 0.3) is 11.9 Å². The fourth-order valence-corrected chi connectivity index (χ4v) is 8.79. The van der Waals surface area contributed by atoms with Crippen LogP contribution in [0.1, 0.15) is 83.9 Å². The number of nitrogens with two attached hydrogens (primary N) is 3. The van der Waals surface area contributed by atoms with Crippen LogP contribution in [-0.2, 0) is 27.3 Å². The number of oxazole rings is 1. The van der Waals surface area contributed by atoms with E-state index in [9.17, 15) is 19.2 Å². The van der Waals surface area contributed by atoms with Gasteiger partial charge >= 0.3 is 0 Å². The van der Waals surface area contributed by atoms with Gasteiger partial charge in [0.05, 0.1) is 17.2 Å². The first-order valence-electron chi connectivity index (χ1n) is 23.8. The van der Waals surface area contributed by atoms with Gasteiger partial charge in [0.15, 0.2) is 16.9 Å². The molecule has 1 saturated heterocycles. The third-order valence-corrected chi connectivity index (χ3v) is 13.0. The van der Waals surface area contributed by atoms with E-state index >= 15 is 0 Å². The maximum absolute atomic E-state index is 13.5. The Morgan fingerprint density at radius 2 is 1.77 bits per heavy atom. The lowest BCUT2D eigenvalue weighted by atomic mass is 9.97. The minimum atomic E-state index is -0.447. The highest BCUT2D eigenvalue weighted by molar-refractivity contribution is 6.13. The smallest absolute Gasteiger partial charge is 0.292 e. The molecule has 0 saturated carbocycles. The quantitative estimate of drug-likeness (QED) is 0.0480. The fourth-order valence-electron chi connectivity index (χ4n) is 8.79. The first-order valence-corrected chi connectivity index (χ1v) is 23.8. The zero-order valence-corrected chi connectivity index (χ0v) is 40.8. The maximum atomic E-state index is 13.5. The molecule has 22 heteroatoms. The number of nitrogens with one attached hydrogen (secondary N) is 3. The molecule has 0 unspecified atom stereocenters. The second kappa shape index (κ2) is 21.7. The summed E-state index contributed by atoms with van der Waals surface area (Å²) in [5, 5.41) is 18.9. The van der Waals surface area contributed by atoms with Crippen LogP contribution in [0.3, 0.4) is 0 Å². The normalized spacial score (nSPS) is 14.1. The Bertz CT molecular complexity index is 3140. The summed E-state index contributed by atoms with van der Waals surface area (Å²) in [6, 6.07) is 9.21. The van der Waals surface area contributed by atoms with Gasteiger partial charge < -0.3 is 47.0 Å². The van der Waals surface area contributed by atoms with Crippen LogP contribution in [0.5, 0.6) is 0 Å². The molecule has 0 aliphatic carbocycles. The standard InChI is InChI=1S/C49H61N17O5/c1-28-29(2)33(17-15-30(28)25-38(69)63(3)4)56-48(70)42-39-44(51)58-45(59-46(39)61-60-42)32-12-10-22-65(26-32)37(68)14-11-21-64(5)20-9-7-19-53-36(67)13-6-8-23-66-47-40(43(50)54-27-55-47)41(62-66)31-16-18-35-34(24-31)57-49(52)71-35/h11,14-18,24,27,32H,6-10,12-13,19-23,25-26H2,1-5H3,(H2,52,57)(H,53,67)(H,56,70)(H2,50,54,55)(H3,51,58,59,60,61)/b14-11+/t32-/m1/s1. The van der Waals surface area contributed by atoms with Gasteiger partial charge in [0, 0.05) is 76.5 Å². The van der Waals surface area contributed by atoms with Crippen LogP contribution < -0.4 is 27.8 Å². The lowest BCUT2D eigenvalue weighted by Crippen LogP contribution is -2.38. The topological polar surface area (TPSA) is 304 Å². The summed E-state index contributed by atoms with van der Waals surface area (Å²) in [4.78, 5) is 79.4. The molecule has 0 spiro atoms. The van der Waals surface area contributed by atoms with E-state index in [1.54, 1.807) is 46.8 Å². The number of benzene rings is 2. The predicted molar refractivity (Wildman–Crippen MR) is 271 cm³/mol. The number of likely N-dealkylation sites (N-methyl/N-ethyl adjacent to an activating group) is 2. The van der Waals surface area contributed by atoms with Crippen molar-refractivity contribution in [1.29, 1.82) is 0 Å². The van der Waals surface area contributed by atoms with Crippen molar-refractivity contribution >= 4 is 80.1 Å². The summed E-state index contributed by atoms with van der Waals surface area (Å²) in [5.41, 5.74) is 25.4. The number of unbranched alkanes of at least 4 members (excludes halogenated alkanes) is 2. The monoisotopic (exact) mass is 968 g/mol. The lowest BCUT2D eigenvalue weighted by Gasteiger charge is -2.31. The van der Waals surface area contributed by atoms with Crippen molar-refractivity contribution in [3.8, 4) is 11.3 Å². The second-order valence-electron chi connectivity index (χ2n) is 18.3. The SMILES string of the molecule is Cc1c(CC(=O)N(C)C)ccc(NC(=O)c2[nH]nc3nc([C@@H]4CCCN(C(=O)/C=C/CN(C)CCCCNC(=O)CCCCn5nc(-c6ccc7oc(N)nc7c6)c6c(N)ncnc65)C4)nc(N)c23)c1C. The van der Waals surface area contributed by atoms with Crippen molar-refractivity contribution in [2.45, 2.75) is 77.7 Å². The molecule has 8 rings (SSSR count). The highest BCUT2D eigenvalue weighted by Gasteiger charge is 2.28. The van der Waals surface area contributed by atoms with Gasteiger partial charge in [-0.05, 0) is 107 Å². The molecule has 4 amide bonds. The Labute approximate surface area is 409 Å². The fraction of sp³-hybridized carbons (Fsp3) is 0.408. The van der Waals surface area contributed by atoms with Crippen molar-refractivity contribution in [3.05, 3.63) is 77.0 Å². The van der Waals surface area contributed by atoms with Crippen molar-refractivity contribution in [1.82, 2.24) is 64.9 Å². The summed E-state index contributed by atoms with van der Waals surface area (Å²) in [6.07, 6.45) is 10.2. The summed E-state index contributed by atoms with van der Waals surface area (Å²) in [5.74, 6) is 0.228. The van der Waals surface area contributed by atoms with Crippen LogP contribution in [0.4, 0.5) is 23.3 Å². The van der Waals surface area contributed by atoms with Crippen molar-refractivity contribution in [3.63, 3.8) is 0 Å². The summed E-state index contributed by atoms with van der Waals surface area (Å²) >= 11 is 0. The molecule has 71 heavy (non-hydrogen) atoms. The summed E-state index contributed by atoms with van der Waals surface area (Å²) in [7, 11) is 5.44. The number of carbonyl (C=O) groups is 4. The first-order chi connectivity index (χ1) is 34.1. The number of likely N-dealkylation sites (tertiary alicyclic amines) is 1. The molecule has 0 bridgehead atoms. The average Bonchev–Trinajstić information content (AvgIpc) is 4.07. The molecule has 1 aliphatic heterocycles. The Morgan fingerprint density at radius 3 is 2.59 bits per heavy atom. The third-order valence-electron chi connectivity index (χ3n) is 13.0. The van der Waals surface area contributed by atoms with E-state index in [1.807, 2.05) is 45.2 Å². The van der Waals surface area contributed by atoms with Crippen LogP contribution in [0, 0.1) is 13.8 Å². The van der Waals surface area contributed by atoms with Gasteiger partial charge in [0.2, 0.25) is 17.7 Å². The van der Waals surface area contributed by atoms with Crippen LogP contribution in [0.25, 0.3) is 44.4 Å². The summed E-state index contributed by atoms with van der Waals surface area (Å²) < 4.78 is 7.21. The molecule has 9 N–H and O–H groups in total. The van der Waals surface area contributed by atoms with E-state index in [4.69, 9.17) is 26.7 Å². The van der Waals surface area contributed by atoms with Gasteiger partial charge in [-0.25, -0.2) is 24.6 Å². The number of aromatic amines is 1. The highest BCUT2D eigenvalue weighted by Crippen LogP contribution is 2.33.